The number of piperidine rings is 1. The van der Waals surface area contributed by atoms with Gasteiger partial charge in [-0.3, -0.25) is 9.59 Å². The number of anilines is 1. The van der Waals surface area contributed by atoms with E-state index in [1.165, 1.54) is 0 Å². The maximum atomic E-state index is 12.4. The van der Waals surface area contributed by atoms with Crippen molar-refractivity contribution in [3.63, 3.8) is 0 Å². The molecule has 6 heteroatoms. The fourth-order valence-corrected chi connectivity index (χ4v) is 3.15. The summed E-state index contributed by atoms with van der Waals surface area (Å²) in [6, 6.07) is 11.2. The van der Waals surface area contributed by atoms with Crippen LogP contribution in [0.25, 0.3) is 0 Å². The molecule has 0 bridgehead atoms. The van der Waals surface area contributed by atoms with Crippen LogP contribution in [-0.2, 0) is 0 Å². The van der Waals surface area contributed by atoms with Crippen LogP contribution in [0.15, 0.2) is 41.2 Å². The highest BCUT2D eigenvalue weighted by molar-refractivity contribution is 5.94. The molecule has 25 heavy (non-hydrogen) atoms. The minimum absolute atomic E-state index is 0.00755. The summed E-state index contributed by atoms with van der Waals surface area (Å²) < 4.78 is 5.28. The number of aryl methyl sites for hydroxylation is 1. The van der Waals surface area contributed by atoms with Crippen LogP contribution < -0.4 is 20.5 Å². The number of methoxy groups -OCH3 is 1. The van der Waals surface area contributed by atoms with Gasteiger partial charge in [0.05, 0.1) is 7.11 Å². The molecule has 3 rings (SSSR count). The predicted molar refractivity (Wildman–Crippen MR) is 97.5 cm³/mol. The molecule has 0 spiro atoms. The smallest absolute Gasteiger partial charge is 0.260 e. The quantitative estimate of drug-likeness (QED) is 0.893. The Labute approximate surface area is 146 Å². The highest BCUT2D eigenvalue weighted by Gasteiger charge is 2.23. The monoisotopic (exact) mass is 341 g/mol. The van der Waals surface area contributed by atoms with Crippen molar-refractivity contribution in [3.8, 4) is 5.75 Å². The number of aromatic nitrogens is 1. The average molecular weight is 341 g/mol. The molecule has 0 unspecified atom stereocenters. The highest BCUT2D eigenvalue weighted by atomic mass is 16.5. The number of amides is 1. The van der Waals surface area contributed by atoms with Gasteiger partial charge in [-0.1, -0.05) is 6.07 Å². The lowest BCUT2D eigenvalue weighted by atomic mass is 10.0. The first-order valence-electron chi connectivity index (χ1n) is 8.46. The molecule has 132 valence electrons. The Hall–Kier alpha value is -2.76. The maximum Gasteiger partial charge on any atom is 0.260 e. The van der Waals surface area contributed by atoms with Crippen LogP contribution in [-0.4, -0.2) is 37.1 Å². The van der Waals surface area contributed by atoms with Crippen molar-refractivity contribution < 1.29 is 9.53 Å². The number of benzene rings is 1. The lowest BCUT2D eigenvalue weighted by Crippen LogP contribution is -2.48. The van der Waals surface area contributed by atoms with Crippen LogP contribution in [0, 0.1) is 6.92 Å². The summed E-state index contributed by atoms with van der Waals surface area (Å²) in [6.45, 7) is 3.43. The zero-order chi connectivity index (χ0) is 17.8. The van der Waals surface area contributed by atoms with Crippen LogP contribution in [0.4, 0.5) is 5.69 Å². The van der Waals surface area contributed by atoms with Gasteiger partial charge in [0.2, 0.25) is 0 Å². The van der Waals surface area contributed by atoms with Gasteiger partial charge < -0.3 is 19.9 Å². The van der Waals surface area contributed by atoms with Gasteiger partial charge in [-0.15, -0.1) is 0 Å². The molecular formula is C19H23N3O3. The Balaban J connectivity index is 1.69. The average Bonchev–Trinajstić information content (AvgIpc) is 2.62. The van der Waals surface area contributed by atoms with E-state index in [4.69, 9.17) is 4.74 Å². The van der Waals surface area contributed by atoms with Gasteiger partial charge >= 0.3 is 0 Å². The number of ether oxygens (including phenoxy) is 1. The molecule has 6 nitrogen and oxygen atoms in total. The molecule has 1 aliphatic rings. The first kappa shape index (κ1) is 17.1. The van der Waals surface area contributed by atoms with Crippen molar-refractivity contribution >= 4 is 11.6 Å². The van der Waals surface area contributed by atoms with E-state index in [0.29, 0.717) is 6.54 Å². The largest absolute Gasteiger partial charge is 0.497 e. The van der Waals surface area contributed by atoms with Crippen molar-refractivity contribution in [1.29, 1.82) is 0 Å². The number of hydrogen-bond donors (Lipinski definition) is 2. The molecule has 1 fully saturated rings. The SMILES string of the molecule is COc1cccc(N2CCC[C@H](NC(=O)c3ccc(C)[nH]c3=O)C2)c1. The zero-order valence-corrected chi connectivity index (χ0v) is 14.5. The summed E-state index contributed by atoms with van der Waals surface area (Å²) in [7, 11) is 1.65. The molecule has 0 radical (unpaired) electrons. The molecule has 1 saturated heterocycles. The van der Waals surface area contributed by atoms with Crippen molar-refractivity contribution in [2.75, 3.05) is 25.1 Å². The van der Waals surface area contributed by atoms with E-state index in [2.05, 4.69) is 15.2 Å². The summed E-state index contributed by atoms with van der Waals surface area (Å²) in [5.41, 5.74) is 1.62. The second kappa shape index (κ2) is 7.42. The Morgan fingerprint density at radius 1 is 1.32 bits per heavy atom. The van der Waals surface area contributed by atoms with Gasteiger partial charge in [-0.25, -0.2) is 0 Å². The van der Waals surface area contributed by atoms with E-state index in [1.54, 1.807) is 26.2 Å². The fourth-order valence-electron chi connectivity index (χ4n) is 3.15. The summed E-state index contributed by atoms with van der Waals surface area (Å²) in [4.78, 5) is 29.3. The number of nitrogens with zero attached hydrogens (tertiary/aromatic N) is 1. The highest BCUT2D eigenvalue weighted by Crippen LogP contribution is 2.24. The fraction of sp³-hybridized carbons (Fsp3) is 0.368. The number of nitrogens with one attached hydrogen (secondary N) is 2. The molecule has 2 N–H and O–H groups in total. The van der Waals surface area contributed by atoms with Crippen LogP contribution >= 0.6 is 0 Å². The number of H-pyrrole nitrogens is 1. The summed E-state index contributed by atoms with van der Waals surface area (Å²) >= 11 is 0. The van der Waals surface area contributed by atoms with Gasteiger partial charge in [-0.05, 0) is 44.0 Å². The van der Waals surface area contributed by atoms with Crippen molar-refractivity contribution in [2.24, 2.45) is 0 Å². The molecule has 1 aromatic heterocycles. The van der Waals surface area contributed by atoms with Crippen LogP contribution in [0.5, 0.6) is 5.75 Å². The van der Waals surface area contributed by atoms with Crippen molar-refractivity contribution in [2.45, 2.75) is 25.8 Å². The van der Waals surface area contributed by atoms with E-state index in [-0.39, 0.29) is 23.1 Å². The lowest BCUT2D eigenvalue weighted by molar-refractivity contribution is 0.0931. The van der Waals surface area contributed by atoms with E-state index in [0.717, 1.165) is 36.5 Å². The standard InChI is InChI=1S/C19H23N3O3/c1-13-8-9-17(18(23)20-13)19(24)21-14-5-4-10-22(12-14)15-6-3-7-16(11-15)25-2/h3,6-9,11,14H,4-5,10,12H2,1-2H3,(H,20,23)(H,21,24)/t14-/m0/s1. The Morgan fingerprint density at radius 3 is 2.92 bits per heavy atom. The van der Waals surface area contributed by atoms with E-state index < -0.39 is 0 Å². The molecule has 1 aromatic carbocycles. The molecule has 0 saturated carbocycles. The Kier molecular flexibility index (Phi) is 5.07. The van der Waals surface area contributed by atoms with Gasteiger partial charge in [0, 0.05) is 36.6 Å². The molecule has 1 aliphatic heterocycles. The number of carbonyl (C=O) groups excluding carboxylic acids is 1. The minimum atomic E-state index is -0.349. The van der Waals surface area contributed by atoms with Crippen molar-refractivity contribution in [1.82, 2.24) is 10.3 Å². The topological polar surface area (TPSA) is 74.4 Å². The van der Waals surface area contributed by atoms with Gasteiger partial charge in [0.15, 0.2) is 0 Å². The molecule has 1 atom stereocenters. The third-order valence-electron chi connectivity index (χ3n) is 4.48. The zero-order valence-electron chi connectivity index (χ0n) is 14.5. The van der Waals surface area contributed by atoms with Gasteiger partial charge in [0.1, 0.15) is 11.3 Å². The molecule has 0 aliphatic carbocycles. The van der Waals surface area contributed by atoms with E-state index >= 15 is 0 Å². The van der Waals surface area contributed by atoms with Crippen molar-refractivity contribution in [3.05, 3.63) is 58.0 Å². The van der Waals surface area contributed by atoms with Crippen LogP contribution in [0.3, 0.4) is 0 Å². The van der Waals surface area contributed by atoms with Gasteiger partial charge in [-0.2, -0.15) is 0 Å². The third-order valence-corrected chi connectivity index (χ3v) is 4.48. The first-order valence-corrected chi connectivity index (χ1v) is 8.46. The maximum absolute atomic E-state index is 12.4. The third kappa shape index (κ3) is 4.02. The summed E-state index contributed by atoms with van der Waals surface area (Å²) in [6.07, 6.45) is 1.88. The number of pyridine rings is 1. The van der Waals surface area contributed by atoms with Gasteiger partial charge in [0.25, 0.3) is 11.5 Å². The van der Waals surface area contributed by atoms with Crippen LogP contribution in [0.1, 0.15) is 28.9 Å². The number of carbonyl (C=O) groups is 1. The Bertz CT molecular complexity index is 816. The summed E-state index contributed by atoms with van der Waals surface area (Å²) in [5, 5.41) is 2.99. The van der Waals surface area contributed by atoms with E-state index in [1.807, 2.05) is 24.3 Å². The number of rotatable bonds is 4. The van der Waals surface area contributed by atoms with E-state index in [9.17, 15) is 9.59 Å². The minimum Gasteiger partial charge on any atom is -0.497 e. The predicted octanol–water partition coefficient (Wildman–Crippen LogP) is 2.09. The first-order chi connectivity index (χ1) is 12.1. The molecule has 1 amide bonds. The second-order valence-corrected chi connectivity index (χ2v) is 6.34. The molecule has 2 heterocycles. The summed E-state index contributed by atoms with van der Waals surface area (Å²) in [5.74, 6) is 0.494. The molecule has 2 aromatic rings. The normalized spacial score (nSPS) is 17.2. The molecular weight excluding hydrogens is 318 g/mol. The number of hydrogen-bond acceptors (Lipinski definition) is 4. The Morgan fingerprint density at radius 2 is 2.16 bits per heavy atom. The second-order valence-electron chi connectivity index (χ2n) is 6.34. The number of aromatic amines is 1. The van der Waals surface area contributed by atoms with Crippen LogP contribution in [0.2, 0.25) is 0 Å². The lowest BCUT2D eigenvalue weighted by Gasteiger charge is -2.34.